The monoisotopic (exact) mass is 230 g/mol. The Hall–Kier alpha value is -1.07. The van der Waals surface area contributed by atoms with Crippen LogP contribution < -0.4 is 11.1 Å². The molecule has 0 saturated carbocycles. The number of hydrogen-bond donors (Lipinski definition) is 2. The molecule has 3 N–H and O–H groups in total. The van der Waals surface area contributed by atoms with Gasteiger partial charge in [-0.3, -0.25) is 0 Å². The van der Waals surface area contributed by atoms with Crippen molar-refractivity contribution < 1.29 is 4.74 Å². The molecule has 0 fully saturated rings. The molecule has 5 nitrogen and oxygen atoms in total. The van der Waals surface area contributed by atoms with E-state index in [-0.39, 0.29) is 5.15 Å². The molecule has 1 heterocycles. The fourth-order valence-corrected chi connectivity index (χ4v) is 1.26. The Bertz CT molecular complexity index is 321. The minimum atomic E-state index is 0.270. The first-order valence-electron chi connectivity index (χ1n) is 4.64. The van der Waals surface area contributed by atoms with Gasteiger partial charge >= 0.3 is 0 Å². The number of nitrogen functional groups attached to an aromatic ring is 1. The lowest BCUT2D eigenvalue weighted by atomic mass is 10.2. The van der Waals surface area contributed by atoms with Gasteiger partial charge in [0.15, 0.2) is 11.0 Å². The van der Waals surface area contributed by atoms with Crippen molar-refractivity contribution >= 4 is 23.1 Å². The molecular weight excluding hydrogens is 216 g/mol. The van der Waals surface area contributed by atoms with E-state index in [4.69, 9.17) is 22.1 Å². The predicted octanol–water partition coefficient (Wildman–Crippen LogP) is 1.41. The normalized spacial score (nSPS) is 12.5. The minimum Gasteiger partial charge on any atom is -0.393 e. The van der Waals surface area contributed by atoms with Gasteiger partial charge in [0.25, 0.3) is 0 Å². The van der Waals surface area contributed by atoms with Gasteiger partial charge in [-0.15, -0.1) is 0 Å². The number of anilines is 2. The van der Waals surface area contributed by atoms with Gasteiger partial charge in [0.1, 0.15) is 12.0 Å². The number of nitrogens with zero attached hydrogens (tertiary/aromatic N) is 2. The number of aromatic nitrogens is 2. The van der Waals surface area contributed by atoms with Crippen molar-refractivity contribution in [3.05, 3.63) is 11.5 Å². The lowest BCUT2D eigenvalue weighted by molar-refractivity contribution is 0.164. The van der Waals surface area contributed by atoms with Crippen molar-refractivity contribution in [1.29, 1.82) is 0 Å². The summed E-state index contributed by atoms with van der Waals surface area (Å²) in [5, 5.41) is 3.37. The van der Waals surface area contributed by atoms with Gasteiger partial charge in [0.2, 0.25) is 0 Å². The maximum absolute atomic E-state index is 5.75. The average molecular weight is 231 g/mol. The van der Waals surface area contributed by atoms with E-state index in [9.17, 15) is 0 Å². The summed E-state index contributed by atoms with van der Waals surface area (Å²) in [5.74, 6) is 0.945. The molecular formula is C9H15ClN4O. The van der Waals surface area contributed by atoms with Crippen LogP contribution in [0.4, 0.5) is 11.5 Å². The van der Waals surface area contributed by atoms with E-state index in [0.717, 1.165) is 6.54 Å². The Kier molecular flexibility index (Phi) is 4.58. The highest BCUT2D eigenvalue weighted by Gasteiger charge is 2.07. The SMILES string of the molecule is COCC(C)CNc1ncnc(Cl)c1N. The lowest BCUT2D eigenvalue weighted by Crippen LogP contribution is -2.17. The number of halogens is 1. The average Bonchev–Trinajstić information content (AvgIpc) is 2.21. The molecule has 84 valence electrons. The summed E-state index contributed by atoms with van der Waals surface area (Å²) < 4.78 is 5.02. The van der Waals surface area contributed by atoms with E-state index in [1.54, 1.807) is 7.11 Å². The van der Waals surface area contributed by atoms with Gasteiger partial charge in [-0.25, -0.2) is 9.97 Å². The Labute approximate surface area is 94.0 Å². The van der Waals surface area contributed by atoms with Crippen molar-refractivity contribution in [2.24, 2.45) is 5.92 Å². The topological polar surface area (TPSA) is 73.1 Å². The molecule has 1 unspecified atom stereocenters. The van der Waals surface area contributed by atoms with E-state index in [2.05, 4.69) is 22.2 Å². The highest BCUT2D eigenvalue weighted by atomic mass is 35.5. The smallest absolute Gasteiger partial charge is 0.157 e. The molecule has 1 aromatic heterocycles. The van der Waals surface area contributed by atoms with Gasteiger partial charge in [-0.2, -0.15) is 0 Å². The molecule has 0 amide bonds. The van der Waals surface area contributed by atoms with E-state index >= 15 is 0 Å². The van der Waals surface area contributed by atoms with Gasteiger partial charge in [-0.05, 0) is 5.92 Å². The molecule has 15 heavy (non-hydrogen) atoms. The highest BCUT2D eigenvalue weighted by Crippen LogP contribution is 2.21. The molecule has 1 atom stereocenters. The summed E-state index contributed by atoms with van der Waals surface area (Å²) in [4.78, 5) is 7.77. The molecule has 0 saturated heterocycles. The second-order valence-electron chi connectivity index (χ2n) is 3.37. The molecule has 0 aliphatic rings. The lowest BCUT2D eigenvalue weighted by Gasteiger charge is -2.13. The third kappa shape index (κ3) is 3.53. The number of hydrogen-bond acceptors (Lipinski definition) is 5. The first-order valence-corrected chi connectivity index (χ1v) is 5.01. The van der Waals surface area contributed by atoms with Crippen LogP contribution in [0.2, 0.25) is 5.15 Å². The molecule has 1 aromatic rings. The number of ether oxygens (including phenoxy) is 1. The van der Waals surface area contributed by atoms with Crippen molar-refractivity contribution in [1.82, 2.24) is 9.97 Å². The fraction of sp³-hybridized carbons (Fsp3) is 0.556. The standard InChI is InChI=1S/C9H15ClN4O/c1-6(4-15-2)3-12-9-7(11)8(10)13-5-14-9/h5-6H,3-4,11H2,1-2H3,(H,12,13,14). The quantitative estimate of drug-likeness (QED) is 0.749. The number of nitrogens with two attached hydrogens (primary N) is 1. The van der Waals surface area contributed by atoms with Crippen LogP contribution in [0.5, 0.6) is 0 Å². The summed E-state index contributed by atoms with van der Waals surface area (Å²) in [5.41, 5.74) is 6.07. The molecule has 0 bridgehead atoms. The van der Waals surface area contributed by atoms with Crippen LogP contribution in [-0.2, 0) is 4.74 Å². The maximum Gasteiger partial charge on any atom is 0.157 e. The Morgan fingerprint density at radius 1 is 1.60 bits per heavy atom. The van der Waals surface area contributed by atoms with Crippen molar-refractivity contribution in [2.45, 2.75) is 6.92 Å². The minimum absolute atomic E-state index is 0.270. The predicted molar refractivity (Wildman–Crippen MR) is 61.0 cm³/mol. The molecule has 0 aromatic carbocycles. The number of rotatable bonds is 5. The van der Waals surface area contributed by atoms with Crippen LogP contribution in [0, 0.1) is 5.92 Å². The zero-order chi connectivity index (χ0) is 11.3. The summed E-state index contributed by atoms with van der Waals surface area (Å²) in [7, 11) is 1.67. The molecule has 0 spiro atoms. The third-order valence-corrected chi connectivity index (χ3v) is 2.21. The Morgan fingerprint density at radius 3 is 3.00 bits per heavy atom. The van der Waals surface area contributed by atoms with E-state index in [1.807, 2.05) is 0 Å². The first-order chi connectivity index (χ1) is 7.15. The van der Waals surface area contributed by atoms with Gasteiger partial charge in [-0.1, -0.05) is 18.5 Å². The molecule has 0 aliphatic heterocycles. The highest BCUT2D eigenvalue weighted by molar-refractivity contribution is 6.32. The van der Waals surface area contributed by atoms with E-state index < -0.39 is 0 Å². The number of nitrogens with one attached hydrogen (secondary N) is 1. The maximum atomic E-state index is 5.75. The Balaban J connectivity index is 2.54. The van der Waals surface area contributed by atoms with Crippen molar-refractivity contribution in [3.8, 4) is 0 Å². The summed E-state index contributed by atoms with van der Waals surface area (Å²) in [6.45, 7) is 3.48. The van der Waals surface area contributed by atoms with Gasteiger partial charge in [0.05, 0.1) is 6.61 Å². The second-order valence-corrected chi connectivity index (χ2v) is 3.73. The zero-order valence-corrected chi connectivity index (χ0v) is 9.58. The molecule has 6 heteroatoms. The fourth-order valence-electron chi connectivity index (χ4n) is 1.13. The summed E-state index contributed by atoms with van der Waals surface area (Å²) in [6, 6.07) is 0. The number of methoxy groups -OCH3 is 1. The molecule has 0 aliphatic carbocycles. The van der Waals surface area contributed by atoms with Crippen LogP contribution in [0.25, 0.3) is 0 Å². The van der Waals surface area contributed by atoms with Crippen LogP contribution in [-0.4, -0.2) is 30.2 Å². The molecule has 0 radical (unpaired) electrons. The van der Waals surface area contributed by atoms with Gasteiger partial charge < -0.3 is 15.8 Å². The van der Waals surface area contributed by atoms with Crippen molar-refractivity contribution in [2.75, 3.05) is 31.3 Å². The van der Waals surface area contributed by atoms with E-state index in [0.29, 0.717) is 24.0 Å². The largest absolute Gasteiger partial charge is 0.393 e. The summed E-state index contributed by atoms with van der Waals surface area (Å²) in [6.07, 6.45) is 1.38. The summed E-state index contributed by atoms with van der Waals surface area (Å²) >= 11 is 5.75. The van der Waals surface area contributed by atoms with Crippen LogP contribution in [0.3, 0.4) is 0 Å². The van der Waals surface area contributed by atoms with Gasteiger partial charge in [0, 0.05) is 13.7 Å². The van der Waals surface area contributed by atoms with Crippen LogP contribution in [0.15, 0.2) is 6.33 Å². The van der Waals surface area contributed by atoms with Crippen LogP contribution in [0.1, 0.15) is 6.92 Å². The third-order valence-electron chi connectivity index (χ3n) is 1.90. The van der Waals surface area contributed by atoms with E-state index in [1.165, 1.54) is 6.33 Å². The van der Waals surface area contributed by atoms with Crippen molar-refractivity contribution in [3.63, 3.8) is 0 Å². The molecule has 1 rings (SSSR count). The zero-order valence-electron chi connectivity index (χ0n) is 8.83. The Morgan fingerprint density at radius 2 is 2.33 bits per heavy atom. The van der Waals surface area contributed by atoms with Crippen LogP contribution >= 0.6 is 11.6 Å². The first kappa shape index (κ1) is 12.0. The second kappa shape index (κ2) is 5.72.